The number of nitrogens with one attached hydrogen (secondary N) is 1. The van der Waals surface area contributed by atoms with Crippen LogP contribution >= 0.6 is 11.6 Å². The highest BCUT2D eigenvalue weighted by molar-refractivity contribution is 6.33. The Labute approximate surface area is 164 Å². The van der Waals surface area contributed by atoms with E-state index in [1.54, 1.807) is 13.8 Å². The number of carbonyl (C=O) groups excluding carboxylic acids is 3. The number of rotatable bonds is 6. The normalized spacial score (nSPS) is 11.6. The van der Waals surface area contributed by atoms with Crippen molar-refractivity contribution in [1.29, 1.82) is 0 Å². The maximum absolute atomic E-state index is 12.7. The summed E-state index contributed by atoms with van der Waals surface area (Å²) in [4.78, 5) is 49.8. The average Bonchev–Trinajstić information content (AvgIpc) is 2.94. The summed E-state index contributed by atoms with van der Waals surface area (Å²) in [5.41, 5.74) is 0.562. The molecule has 0 fully saturated rings. The summed E-state index contributed by atoms with van der Waals surface area (Å²) in [6.45, 7) is 4.52. The number of aromatic nitrogens is 1. The number of aryl methyl sites for hydroxylation is 1. The first-order valence-electron chi connectivity index (χ1n) is 8.05. The number of ether oxygens (including phenoxy) is 2. The molecule has 0 aliphatic rings. The first kappa shape index (κ1) is 21.1. The molecule has 0 unspecified atom stereocenters. The number of methoxy groups -OCH3 is 1. The van der Waals surface area contributed by atoms with Crippen LogP contribution in [0.2, 0.25) is 5.02 Å². The molecule has 1 heterocycles. The van der Waals surface area contributed by atoms with Gasteiger partial charge in [0.25, 0.3) is 5.69 Å². The Morgan fingerprint density at radius 3 is 2.43 bits per heavy atom. The van der Waals surface area contributed by atoms with Crippen molar-refractivity contribution in [2.75, 3.05) is 7.11 Å². The minimum atomic E-state index is -1.23. The number of non-ortho nitro benzene ring substituents is 1. The Bertz CT molecular complexity index is 981. The number of ketones is 1. The molecule has 0 bridgehead atoms. The van der Waals surface area contributed by atoms with Crippen LogP contribution in [0.4, 0.5) is 5.69 Å². The van der Waals surface area contributed by atoms with Crippen LogP contribution in [0.1, 0.15) is 49.4 Å². The molecule has 2 aromatic rings. The summed E-state index contributed by atoms with van der Waals surface area (Å²) in [5.74, 6) is -2.16. The highest BCUT2D eigenvalue weighted by Crippen LogP contribution is 2.24. The van der Waals surface area contributed by atoms with Crippen LogP contribution < -0.4 is 0 Å². The van der Waals surface area contributed by atoms with Crippen LogP contribution in [0.25, 0.3) is 0 Å². The minimum Gasteiger partial charge on any atom is -0.465 e. The molecule has 9 nitrogen and oxygen atoms in total. The van der Waals surface area contributed by atoms with Gasteiger partial charge >= 0.3 is 11.9 Å². The highest BCUT2D eigenvalue weighted by Gasteiger charge is 2.28. The van der Waals surface area contributed by atoms with Crippen molar-refractivity contribution >= 4 is 35.0 Å². The number of aromatic amines is 1. The number of hydrogen-bond acceptors (Lipinski definition) is 7. The maximum atomic E-state index is 12.7. The second kappa shape index (κ2) is 8.22. The van der Waals surface area contributed by atoms with Gasteiger partial charge in [0.2, 0.25) is 5.78 Å². The van der Waals surface area contributed by atoms with E-state index in [9.17, 15) is 24.5 Å². The molecule has 0 amide bonds. The molecule has 10 heteroatoms. The van der Waals surface area contributed by atoms with E-state index in [-0.39, 0.29) is 27.5 Å². The summed E-state index contributed by atoms with van der Waals surface area (Å²) in [6, 6.07) is 3.32. The van der Waals surface area contributed by atoms with Gasteiger partial charge in [-0.25, -0.2) is 9.59 Å². The Hall–Kier alpha value is -3.20. The second-order valence-electron chi connectivity index (χ2n) is 5.95. The lowest BCUT2D eigenvalue weighted by Gasteiger charge is -2.13. The first-order chi connectivity index (χ1) is 13.1. The lowest BCUT2D eigenvalue weighted by Crippen LogP contribution is -2.25. The zero-order valence-corrected chi connectivity index (χ0v) is 16.2. The van der Waals surface area contributed by atoms with E-state index in [0.717, 1.165) is 12.1 Å². The predicted octanol–water partition coefficient (Wildman–Crippen LogP) is 3.41. The molecule has 0 saturated heterocycles. The van der Waals surface area contributed by atoms with Gasteiger partial charge in [-0.15, -0.1) is 0 Å². The fourth-order valence-corrected chi connectivity index (χ4v) is 2.86. The summed E-state index contributed by atoms with van der Waals surface area (Å²) < 4.78 is 9.82. The van der Waals surface area contributed by atoms with Gasteiger partial charge in [-0.3, -0.25) is 14.9 Å². The number of benzene rings is 1. The van der Waals surface area contributed by atoms with Gasteiger partial charge in [-0.1, -0.05) is 11.6 Å². The molecule has 1 aromatic carbocycles. The number of Topliss-reactive ketones (excluding diaryl/α,β-unsaturated/α-hetero) is 1. The molecule has 1 N–H and O–H groups in total. The Morgan fingerprint density at radius 2 is 1.86 bits per heavy atom. The van der Waals surface area contributed by atoms with Gasteiger partial charge in [0, 0.05) is 17.8 Å². The van der Waals surface area contributed by atoms with Gasteiger partial charge in [-0.2, -0.15) is 0 Å². The fraction of sp³-hybridized carbons (Fsp3) is 0.278. The van der Waals surface area contributed by atoms with Crippen LogP contribution in [-0.2, 0) is 9.47 Å². The Morgan fingerprint density at radius 1 is 1.21 bits per heavy atom. The van der Waals surface area contributed by atoms with Gasteiger partial charge in [0.05, 0.1) is 33.9 Å². The van der Waals surface area contributed by atoms with E-state index in [0.29, 0.717) is 11.3 Å². The number of esters is 2. The molecule has 1 atom stereocenters. The second-order valence-corrected chi connectivity index (χ2v) is 6.36. The number of nitrogens with zero attached hydrogens (tertiary/aromatic N) is 1. The zero-order chi connectivity index (χ0) is 21.2. The molecule has 0 aliphatic carbocycles. The molecule has 0 saturated carbocycles. The topological polar surface area (TPSA) is 129 Å². The van der Waals surface area contributed by atoms with Crippen molar-refractivity contribution in [3.05, 3.63) is 61.4 Å². The van der Waals surface area contributed by atoms with E-state index in [1.807, 2.05) is 0 Å². The number of H-pyrrole nitrogens is 1. The smallest absolute Gasteiger partial charge is 0.340 e. The third-order valence-corrected chi connectivity index (χ3v) is 4.44. The summed E-state index contributed by atoms with van der Waals surface area (Å²) in [5, 5.41) is 10.8. The standard InChI is InChI=1S/C18H17ClN2O7/c1-8-14(18(24)27-4)9(2)20-15(8)16(22)10(3)28-17(23)12-7-11(21(25)26)5-6-13(12)19/h5-7,10,20H,1-4H3/t10-/m1/s1. The third-order valence-electron chi connectivity index (χ3n) is 4.11. The van der Waals surface area contributed by atoms with Crippen molar-refractivity contribution in [2.24, 2.45) is 0 Å². The summed E-state index contributed by atoms with van der Waals surface area (Å²) in [6.07, 6.45) is -1.23. The van der Waals surface area contributed by atoms with Crippen molar-refractivity contribution < 1.29 is 28.8 Å². The first-order valence-corrected chi connectivity index (χ1v) is 8.42. The monoisotopic (exact) mass is 408 g/mol. The van der Waals surface area contributed by atoms with Gasteiger partial charge in [0.1, 0.15) is 0 Å². The van der Waals surface area contributed by atoms with Crippen LogP contribution in [0, 0.1) is 24.0 Å². The molecule has 28 heavy (non-hydrogen) atoms. The van der Waals surface area contributed by atoms with Crippen molar-refractivity contribution in [3.63, 3.8) is 0 Å². The van der Waals surface area contributed by atoms with Crippen LogP contribution in [-0.4, -0.2) is 40.8 Å². The van der Waals surface area contributed by atoms with Gasteiger partial charge in [0.15, 0.2) is 6.10 Å². The lowest BCUT2D eigenvalue weighted by atomic mass is 10.1. The maximum Gasteiger partial charge on any atom is 0.340 e. The third kappa shape index (κ3) is 4.04. The molecule has 148 valence electrons. The number of nitro benzene ring substituents is 1. The molecule has 1 aromatic heterocycles. The molecular formula is C18H17ClN2O7. The largest absolute Gasteiger partial charge is 0.465 e. The van der Waals surface area contributed by atoms with Crippen LogP contribution in [0.3, 0.4) is 0 Å². The molecule has 2 rings (SSSR count). The lowest BCUT2D eigenvalue weighted by molar-refractivity contribution is -0.384. The molecule has 0 spiro atoms. The molecular weight excluding hydrogens is 392 g/mol. The van der Waals surface area contributed by atoms with Gasteiger partial charge in [-0.05, 0) is 32.4 Å². The number of carbonyl (C=O) groups is 3. The highest BCUT2D eigenvalue weighted by atomic mass is 35.5. The van der Waals surface area contributed by atoms with E-state index in [4.69, 9.17) is 21.1 Å². The number of halogens is 1. The SMILES string of the molecule is COC(=O)c1c(C)[nH]c(C(=O)[C@@H](C)OC(=O)c2cc([N+](=O)[O-])ccc2Cl)c1C. The fourth-order valence-electron chi connectivity index (χ4n) is 2.67. The van der Waals surface area contributed by atoms with E-state index >= 15 is 0 Å². The summed E-state index contributed by atoms with van der Waals surface area (Å²) >= 11 is 5.91. The van der Waals surface area contributed by atoms with Crippen molar-refractivity contribution in [3.8, 4) is 0 Å². The predicted molar refractivity (Wildman–Crippen MR) is 98.9 cm³/mol. The quantitative estimate of drug-likeness (QED) is 0.335. The van der Waals surface area contributed by atoms with Crippen molar-refractivity contribution in [1.82, 2.24) is 4.98 Å². The van der Waals surface area contributed by atoms with E-state index in [2.05, 4.69) is 4.98 Å². The van der Waals surface area contributed by atoms with Crippen LogP contribution in [0.15, 0.2) is 18.2 Å². The Balaban J connectivity index is 2.26. The average molecular weight is 409 g/mol. The van der Waals surface area contributed by atoms with E-state index < -0.39 is 28.7 Å². The van der Waals surface area contributed by atoms with E-state index in [1.165, 1.54) is 20.1 Å². The minimum absolute atomic E-state index is 0.0462. The van der Waals surface area contributed by atoms with Gasteiger partial charge < -0.3 is 14.5 Å². The number of nitro groups is 1. The van der Waals surface area contributed by atoms with Crippen molar-refractivity contribution in [2.45, 2.75) is 26.9 Å². The zero-order valence-electron chi connectivity index (χ0n) is 15.5. The summed E-state index contributed by atoms with van der Waals surface area (Å²) in [7, 11) is 1.23. The number of hydrogen-bond donors (Lipinski definition) is 1. The molecule has 0 radical (unpaired) electrons. The van der Waals surface area contributed by atoms with Crippen LogP contribution in [0.5, 0.6) is 0 Å². The Kier molecular flexibility index (Phi) is 6.19. The molecule has 0 aliphatic heterocycles.